The maximum atomic E-state index is 11.1. The van der Waals surface area contributed by atoms with Crippen LogP contribution in [-0.2, 0) is 4.74 Å². The summed E-state index contributed by atoms with van der Waals surface area (Å²) >= 11 is 0. The summed E-state index contributed by atoms with van der Waals surface area (Å²) in [6.45, 7) is -0.567. The van der Waals surface area contributed by atoms with Gasteiger partial charge in [0.1, 0.15) is 13.5 Å². The third kappa shape index (κ3) is 2.68. The summed E-state index contributed by atoms with van der Waals surface area (Å²) in [5, 5.41) is 17.8. The van der Waals surface area contributed by atoms with E-state index >= 15 is 0 Å². The molecule has 1 rings (SSSR count). The van der Waals surface area contributed by atoms with Gasteiger partial charge in [-0.05, 0) is 24.3 Å². The van der Waals surface area contributed by atoms with Gasteiger partial charge in [0.25, 0.3) is 0 Å². The molecule has 0 aromatic heterocycles. The number of methoxy groups -OCH3 is 1. The molecule has 0 saturated heterocycles. The number of anilines is 1. The van der Waals surface area contributed by atoms with E-state index < -0.39 is 5.97 Å². The van der Waals surface area contributed by atoms with Crippen LogP contribution in [0, 0.1) is 0 Å². The van der Waals surface area contributed by atoms with Crippen LogP contribution in [0.2, 0.25) is 0 Å². The van der Waals surface area contributed by atoms with Gasteiger partial charge in [0.2, 0.25) is 0 Å². The zero-order chi connectivity index (χ0) is 11.3. The molecule has 0 unspecified atom stereocenters. The molecule has 0 aliphatic heterocycles. The van der Waals surface area contributed by atoms with E-state index in [4.69, 9.17) is 10.2 Å². The van der Waals surface area contributed by atoms with Crippen molar-refractivity contribution in [1.29, 1.82) is 0 Å². The first-order valence-electron chi connectivity index (χ1n) is 4.38. The van der Waals surface area contributed by atoms with Crippen LogP contribution in [0.4, 0.5) is 5.69 Å². The number of aliphatic hydroxyl groups is 2. The molecule has 15 heavy (non-hydrogen) atoms. The summed E-state index contributed by atoms with van der Waals surface area (Å²) in [5.74, 6) is -0.416. The van der Waals surface area contributed by atoms with E-state index in [1.54, 1.807) is 24.3 Å². The maximum absolute atomic E-state index is 11.1. The van der Waals surface area contributed by atoms with Crippen LogP contribution in [0.3, 0.4) is 0 Å². The summed E-state index contributed by atoms with van der Waals surface area (Å²) in [6, 6.07) is 6.39. The topological polar surface area (TPSA) is 70.0 Å². The number of aliphatic hydroxyl groups excluding tert-OH is 2. The minimum absolute atomic E-state index is 0.284. The zero-order valence-corrected chi connectivity index (χ0v) is 8.38. The third-order valence-electron chi connectivity index (χ3n) is 1.99. The van der Waals surface area contributed by atoms with Crippen LogP contribution >= 0.6 is 0 Å². The number of hydrogen-bond donors (Lipinski definition) is 2. The number of carbonyl (C=O) groups is 1. The normalized spacial score (nSPS) is 9.80. The first-order chi connectivity index (χ1) is 7.22. The second-order valence-electron chi connectivity index (χ2n) is 2.86. The molecule has 0 atom stereocenters. The average molecular weight is 211 g/mol. The molecule has 0 bridgehead atoms. The van der Waals surface area contributed by atoms with Crippen molar-refractivity contribution in [2.75, 3.05) is 25.5 Å². The van der Waals surface area contributed by atoms with Crippen LogP contribution in [0.15, 0.2) is 24.3 Å². The Morgan fingerprint density at radius 2 is 1.80 bits per heavy atom. The molecular weight excluding hydrogens is 198 g/mol. The Morgan fingerprint density at radius 3 is 2.20 bits per heavy atom. The van der Waals surface area contributed by atoms with E-state index in [1.807, 2.05) is 0 Å². The standard InChI is InChI=1S/C10H13NO4/c1-15-10(14)8-2-4-9(5-3-8)11(6-12)7-13/h2-5,12-13H,6-7H2,1H3. The first kappa shape index (κ1) is 11.5. The summed E-state index contributed by atoms with van der Waals surface area (Å²) in [5.41, 5.74) is 1.06. The van der Waals surface area contributed by atoms with Crippen molar-refractivity contribution in [1.82, 2.24) is 0 Å². The maximum Gasteiger partial charge on any atom is 0.337 e. The monoisotopic (exact) mass is 211 g/mol. The highest BCUT2D eigenvalue weighted by Gasteiger charge is 2.07. The molecular formula is C10H13NO4. The lowest BCUT2D eigenvalue weighted by atomic mass is 10.2. The smallest absolute Gasteiger partial charge is 0.337 e. The second-order valence-corrected chi connectivity index (χ2v) is 2.86. The first-order valence-corrected chi connectivity index (χ1v) is 4.38. The molecule has 0 amide bonds. The predicted octanol–water partition coefficient (Wildman–Crippen LogP) is 0.179. The summed E-state index contributed by atoms with van der Waals surface area (Å²) < 4.78 is 4.54. The molecule has 2 N–H and O–H groups in total. The van der Waals surface area contributed by atoms with Crippen LogP contribution in [0.1, 0.15) is 10.4 Å². The van der Waals surface area contributed by atoms with E-state index in [2.05, 4.69) is 4.74 Å². The predicted molar refractivity (Wildman–Crippen MR) is 54.4 cm³/mol. The minimum Gasteiger partial charge on any atom is -0.465 e. The lowest BCUT2D eigenvalue weighted by Crippen LogP contribution is -2.24. The summed E-state index contributed by atoms with van der Waals surface area (Å²) in [7, 11) is 1.31. The average Bonchev–Trinajstić information content (AvgIpc) is 2.30. The van der Waals surface area contributed by atoms with Crippen molar-refractivity contribution < 1.29 is 19.7 Å². The molecule has 0 heterocycles. The molecule has 5 nitrogen and oxygen atoms in total. The zero-order valence-electron chi connectivity index (χ0n) is 8.38. The fourth-order valence-electron chi connectivity index (χ4n) is 1.13. The van der Waals surface area contributed by atoms with Gasteiger partial charge in [0, 0.05) is 5.69 Å². The van der Waals surface area contributed by atoms with Gasteiger partial charge < -0.3 is 19.8 Å². The SMILES string of the molecule is COC(=O)c1ccc(N(CO)CO)cc1. The minimum atomic E-state index is -0.416. The Balaban J connectivity index is 2.84. The largest absolute Gasteiger partial charge is 0.465 e. The van der Waals surface area contributed by atoms with Crippen LogP contribution in [-0.4, -0.2) is 36.8 Å². The van der Waals surface area contributed by atoms with Gasteiger partial charge >= 0.3 is 5.97 Å². The van der Waals surface area contributed by atoms with Crippen molar-refractivity contribution in [3.05, 3.63) is 29.8 Å². The van der Waals surface area contributed by atoms with E-state index in [1.165, 1.54) is 12.0 Å². The molecule has 0 radical (unpaired) electrons. The number of carbonyl (C=O) groups excluding carboxylic acids is 1. The van der Waals surface area contributed by atoms with Gasteiger partial charge in [-0.3, -0.25) is 0 Å². The molecule has 1 aromatic carbocycles. The Bertz CT molecular complexity index is 319. The highest BCUT2D eigenvalue weighted by molar-refractivity contribution is 5.89. The van der Waals surface area contributed by atoms with Crippen molar-refractivity contribution in [2.24, 2.45) is 0 Å². The number of hydrogen-bond acceptors (Lipinski definition) is 5. The number of ether oxygens (including phenoxy) is 1. The Hall–Kier alpha value is -1.59. The Kier molecular flexibility index (Phi) is 4.08. The molecule has 5 heteroatoms. The molecule has 0 spiro atoms. The molecule has 1 aromatic rings. The van der Waals surface area contributed by atoms with E-state index in [0.29, 0.717) is 11.3 Å². The van der Waals surface area contributed by atoms with Crippen LogP contribution in [0.5, 0.6) is 0 Å². The fourth-order valence-corrected chi connectivity index (χ4v) is 1.13. The van der Waals surface area contributed by atoms with E-state index in [-0.39, 0.29) is 13.5 Å². The summed E-state index contributed by atoms with van der Waals surface area (Å²) in [4.78, 5) is 12.4. The van der Waals surface area contributed by atoms with E-state index in [0.717, 1.165) is 0 Å². The summed E-state index contributed by atoms with van der Waals surface area (Å²) in [6.07, 6.45) is 0. The molecule has 0 aliphatic carbocycles. The quantitative estimate of drug-likeness (QED) is 0.549. The van der Waals surface area contributed by atoms with Crippen LogP contribution < -0.4 is 4.90 Å². The van der Waals surface area contributed by atoms with Gasteiger partial charge in [-0.25, -0.2) is 4.79 Å². The molecule has 82 valence electrons. The Labute approximate surface area is 87.5 Å². The number of benzene rings is 1. The van der Waals surface area contributed by atoms with Gasteiger partial charge in [-0.15, -0.1) is 0 Å². The van der Waals surface area contributed by atoms with Gasteiger partial charge in [0.05, 0.1) is 12.7 Å². The van der Waals surface area contributed by atoms with Gasteiger partial charge in [-0.2, -0.15) is 0 Å². The Morgan fingerprint density at radius 1 is 1.27 bits per heavy atom. The van der Waals surface area contributed by atoms with Crippen LogP contribution in [0.25, 0.3) is 0 Å². The highest BCUT2D eigenvalue weighted by Crippen LogP contribution is 2.14. The van der Waals surface area contributed by atoms with Gasteiger partial charge in [-0.1, -0.05) is 0 Å². The molecule has 0 fully saturated rings. The van der Waals surface area contributed by atoms with Crippen molar-refractivity contribution >= 4 is 11.7 Å². The third-order valence-corrected chi connectivity index (χ3v) is 1.99. The molecule has 0 aliphatic rings. The fraction of sp³-hybridized carbons (Fsp3) is 0.300. The number of rotatable bonds is 4. The number of esters is 1. The molecule has 0 saturated carbocycles. The lowest BCUT2D eigenvalue weighted by Gasteiger charge is -2.18. The second kappa shape index (κ2) is 5.33. The van der Waals surface area contributed by atoms with E-state index in [9.17, 15) is 4.79 Å². The number of nitrogens with zero attached hydrogens (tertiary/aromatic N) is 1. The van der Waals surface area contributed by atoms with Crippen molar-refractivity contribution in [2.45, 2.75) is 0 Å². The van der Waals surface area contributed by atoms with Gasteiger partial charge in [0.15, 0.2) is 0 Å². The van der Waals surface area contributed by atoms with Crippen molar-refractivity contribution in [3.63, 3.8) is 0 Å². The van der Waals surface area contributed by atoms with Crippen molar-refractivity contribution in [3.8, 4) is 0 Å². The highest BCUT2D eigenvalue weighted by atomic mass is 16.5. The lowest BCUT2D eigenvalue weighted by molar-refractivity contribution is 0.0601.